The summed E-state index contributed by atoms with van der Waals surface area (Å²) in [6.07, 6.45) is 1.67. The molecule has 0 amide bonds. The molecular formula is C19H29N5O2. The minimum atomic E-state index is 0.550. The number of nitrogens with zero attached hydrogens (tertiary/aromatic N) is 3. The van der Waals surface area contributed by atoms with Gasteiger partial charge in [-0.1, -0.05) is 17.7 Å². The fourth-order valence-corrected chi connectivity index (χ4v) is 2.34. The molecule has 0 spiro atoms. The van der Waals surface area contributed by atoms with E-state index in [0.29, 0.717) is 12.4 Å². The lowest BCUT2D eigenvalue weighted by atomic mass is 10.1. The molecule has 1 aromatic heterocycles. The summed E-state index contributed by atoms with van der Waals surface area (Å²) in [4.78, 5) is 11.0. The highest BCUT2D eigenvalue weighted by Crippen LogP contribution is 2.18. The van der Waals surface area contributed by atoms with Crippen molar-refractivity contribution in [1.82, 2.24) is 20.5 Å². The Morgan fingerprint density at radius 3 is 2.69 bits per heavy atom. The predicted molar refractivity (Wildman–Crippen MR) is 104 cm³/mol. The molecule has 0 saturated heterocycles. The lowest BCUT2D eigenvalue weighted by Gasteiger charge is -2.17. The van der Waals surface area contributed by atoms with Crippen LogP contribution in [0.3, 0.4) is 0 Å². The van der Waals surface area contributed by atoms with E-state index in [1.165, 1.54) is 5.56 Å². The standard InChI is InChI=1S/C19H29N5O2/c1-15-5-7-16(8-6-15)18-23-17(14-26-18)13-22-19(20-2)21-9-10-24(3)11-12-25-4/h5-8,14H,9-13H2,1-4H3,(H2,20,21,22). The van der Waals surface area contributed by atoms with Crippen LogP contribution in [-0.2, 0) is 11.3 Å². The van der Waals surface area contributed by atoms with Gasteiger partial charge in [0, 0.05) is 39.4 Å². The Kier molecular flexibility index (Phi) is 8.11. The molecule has 0 aliphatic rings. The Morgan fingerprint density at radius 2 is 2.00 bits per heavy atom. The van der Waals surface area contributed by atoms with E-state index in [9.17, 15) is 0 Å². The van der Waals surface area contributed by atoms with Gasteiger partial charge in [-0.25, -0.2) is 4.98 Å². The van der Waals surface area contributed by atoms with Crippen LogP contribution in [-0.4, -0.2) is 63.3 Å². The number of ether oxygens (including phenoxy) is 1. The van der Waals surface area contributed by atoms with Crippen LogP contribution in [0.15, 0.2) is 39.9 Å². The maximum absolute atomic E-state index is 5.58. The van der Waals surface area contributed by atoms with Crippen LogP contribution in [0.25, 0.3) is 11.5 Å². The van der Waals surface area contributed by atoms with Crippen molar-refractivity contribution in [2.45, 2.75) is 13.5 Å². The highest BCUT2D eigenvalue weighted by molar-refractivity contribution is 5.79. The summed E-state index contributed by atoms with van der Waals surface area (Å²) in [7, 11) is 5.54. The van der Waals surface area contributed by atoms with Gasteiger partial charge in [0.25, 0.3) is 0 Å². The first-order valence-corrected chi connectivity index (χ1v) is 8.76. The molecule has 0 saturated carbocycles. The number of methoxy groups -OCH3 is 1. The molecule has 0 fully saturated rings. The van der Waals surface area contributed by atoms with Crippen LogP contribution in [0.4, 0.5) is 0 Å². The molecule has 2 rings (SSSR count). The monoisotopic (exact) mass is 359 g/mol. The van der Waals surface area contributed by atoms with E-state index in [1.807, 2.05) is 24.3 Å². The molecule has 1 aromatic carbocycles. The van der Waals surface area contributed by atoms with Gasteiger partial charge in [-0.3, -0.25) is 4.99 Å². The quantitative estimate of drug-likeness (QED) is 0.526. The first kappa shape index (κ1) is 19.9. The van der Waals surface area contributed by atoms with Gasteiger partial charge in [0.05, 0.1) is 18.8 Å². The summed E-state index contributed by atoms with van der Waals surface area (Å²) in [5.74, 6) is 1.37. The van der Waals surface area contributed by atoms with Gasteiger partial charge in [0.2, 0.25) is 5.89 Å². The maximum atomic E-state index is 5.58. The molecule has 0 radical (unpaired) electrons. The Morgan fingerprint density at radius 1 is 1.23 bits per heavy atom. The van der Waals surface area contributed by atoms with Crippen LogP contribution in [0, 0.1) is 6.92 Å². The Balaban J connectivity index is 1.77. The minimum absolute atomic E-state index is 0.550. The number of hydrogen-bond donors (Lipinski definition) is 2. The van der Waals surface area contributed by atoms with Crippen molar-refractivity contribution < 1.29 is 9.15 Å². The van der Waals surface area contributed by atoms with Crippen molar-refractivity contribution in [3.8, 4) is 11.5 Å². The smallest absolute Gasteiger partial charge is 0.226 e. The zero-order valence-electron chi connectivity index (χ0n) is 16.1. The number of oxazole rings is 1. The Bertz CT molecular complexity index is 681. The maximum Gasteiger partial charge on any atom is 0.226 e. The highest BCUT2D eigenvalue weighted by Gasteiger charge is 2.07. The van der Waals surface area contributed by atoms with Crippen LogP contribution in [0.1, 0.15) is 11.3 Å². The fraction of sp³-hybridized carbons (Fsp3) is 0.474. The number of nitrogens with one attached hydrogen (secondary N) is 2. The Hall–Kier alpha value is -2.38. The van der Waals surface area contributed by atoms with Crippen LogP contribution >= 0.6 is 0 Å². The number of aliphatic imine (C=N–C) groups is 1. The summed E-state index contributed by atoms with van der Waals surface area (Å²) in [5, 5.41) is 6.54. The first-order chi connectivity index (χ1) is 12.6. The van der Waals surface area contributed by atoms with Crippen molar-refractivity contribution >= 4 is 5.96 Å². The van der Waals surface area contributed by atoms with E-state index in [1.54, 1.807) is 20.4 Å². The molecular weight excluding hydrogens is 330 g/mol. The SMILES string of the molecule is CN=C(NCCN(C)CCOC)NCc1coc(-c2ccc(C)cc2)n1. The third kappa shape index (κ3) is 6.50. The zero-order chi connectivity index (χ0) is 18.8. The van der Waals surface area contributed by atoms with E-state index < -0.39 is 0 Å². The third-order valence-electron chi connectivity index (χ3n) is 3.97. The van der Waals surface area contributed by atoms with Crippen molar-refractivity contribution in [1.29, 1.82) is 0 Å². The van der Waals surface area contributed by atoms with E-state index in [0.717, 1.165) is 43.5 Å². The van der Waals surface area contributed by atoms with E-state index >= 15 is 0 Å². The largest absolute Gasteiger partial charge is 0.444 e. The first-order valence-electron chi connectivity index (χ1n) is 8.76. The summed E-state index contributed by atoms with van der Waals surface area (Å²) >= 11 is 0. The second kappa shape index (κ2) is 10.6. The summed E-state index contributed by atoms with van der Waals surface area (Å²) in [6, 6.07) is 8.12. The molecule has 142 valence electrons. The Labute approximate surface area is 155 Å². The third-order valence-corrected chi connectivity index (χ3v) is 3.97. The number of guanidine groups is 1. The zero-order valence-corrected chi connectivity index (χ0v) is 16.1. The number of aromatic nitrogens is 1. The number of hydrogen-bond acceptors (Lipinski definition) is 5. The van der Waals surface area contributed by atoms with Gasteiger partial charge in [0.15, 0.2) is 5.96 Å². The van der Waals surface area contributed by atoms with Crippen molar-refractivity contribution in [3.63, 3.8) is 0 Å². The molecule has 26 heavy (non-hydrogen) atoms. The molecule has 0 atom stereocenters. The molecule has 7 nitrogen and oxygen atoms in total. The lowest BCUT2D eigenvalue weighted by Crippen LogP contribution is -2.41. The second-order valence-electron chi connectivity index (χ2n) is 6.16. The van der Waals surface area contributed by atoms with Crippen LogP contribution in [0.5, 0.6) is 0 Å². The topological polar surface area (TPSA) is 74.9 Å². The number of aryl methyl sites for hydroxylation is 1. The van der Waals surface area contributed by atoms with Gasteiger partial charge in [-0.05, 0) is 26.1 Å². The van der Waals surface area contributed by atoms with Gasteiger partial charge in [-0.2, -0.15) is 0 Å². The molecule has 0 unspecified atom stereocenters. The van der Waals surface area contributed by atoms with Crippen molar-refractivity contribution in [2.24, 2.45) is 4.99 Å². The normalized spacial score (nSPS) is 11.8. The highest BCUT2D eigenvalue weighted by atomic mass is 16.5. The van der Waals surface area contributed by atoms with Crippen LogP contribution in [0.2, 0.25) is 0 Å². The summed E-state index contributed by atoms with van der Waals surface area (Å²) in [6.45, 7) is 5.96. The van der Waals surface area contributed by atoms with Crippen molar-refractivity contribution in [3.05, 3.63) is 41.8 Å². The molecule has 0 bridgehead atoms. The van der Waals surface area contributed by atoms with E-state index in [-0.39, 0.29) is 0 Å². The molecule has 2 aromatic rings. The van der Waals surface area contributed by atoms with Gasteiger partial charge in [-0.15, -0.1) is 0 Å². The molecule has 0 aliphatic carbocycles. The molecule has 1 heterocycles. The average molecular weight is 359 g/mol. The number of benzene rings is 1. The van der Waals surface area contributed by atoms with Crippen molar-refractivity contribution in [2.75, 3.05) is 47.4 Å². The number of likely N-dealkylation sites (N-methyl/N-ethyl adjacent to an activating group) is 1. The number of rotatable bonds is 9. The van der Waals surface area contributed by atoms with Crippen LogP contribution < -0.4 is 10.6 Å². The summed E-state index contributed by atoms with van der Waals surface area (Å²) < 4.78 is 10.7. The predicted octanol–water partition coefficient (Wildman–Crippen LogP) is 1.89. The molecule has 2 N–H and O–H groups in total. The molecule has 7 heteroatoms. The van der Waals surface area contributed by atoms with Gasteiger partial charge >= 0.3 is 0 Å². The van der Waals surface area contributed by atoms with E-state index in [2.05, 4.69) is 39.5 Å². The second-order valence-corrected chi connectivity index (χ2v) is 6.16. The lowest BCUT2D eigenvalue weighted by molar-refractivity contribution is 0.162. The average Bonchev–Trinajstić information content (AvgIpc) is 3.12. The van der Waals surface area contributed by atoms with Gasteiger partial charge in [0.1, 0.15) is 6.26 Å². The summed E-state index contributed by atoms with van der Waals surface area (Å²) in [5.41, 5.74) is 3.02. The molecule has 0 aliphatic heterocycles. The minimum Gasteiger partial charge on any atom is -0.444 e. The fourth-order valence-electron chi connectivity index (χ4n) is 2.34. The van der Waals surface area contributed by atoms with Gasteiger partial charge < -0.3 is 24.7 Å². The van der Waals surface area contributed by atoms with E-state index in [4.69, 9.17) is 9.15 Å².